The molecule has 2 aromatic heterocycles. The van der Waals surface area contributed by atoms with Crippen molar-refractivity contribution in [1.82, 2.24) is 9.97 Å². The second-order valence-corrected chi connectivity index (χ2v) is 6.94. The number of benzene rings is 2. The Morgan fingerprint density at radius 2 is 1.84 bits per heavy atom. The number of nitrogens with two attached hydrogens (primary N) is 1. The molecular weight excluding hydrogens is 416 g/mol. The summed E-state index contributed by atoms with van der Waals surface area (Å²) in [4.78, 5) is 8.43. The van der Waals surface area contributed by atoms with Gasteiger partial charge in [-0.1, -0.05) is 35.9 Å². The van der Waals surface area contributed by atoms with Gasteiger partial charge in [0.15, 0.2) is 24.0 Å². The predicted octanol–water partition coefficient (Wildman–Crippen LogP) is 3.78. The first-order valence-electron chi connectivity index (χ1n) is 9.30. The van der Waals surface area contributed by atoms with Crippen LogP contribution in [0, 0.1) is 5.41 Å². The second kappa shape index (κ2) is 9.23. The smallest absolute Gasteiger partial charge is 0.373 e. The van der Waals surface area contributed by atoms with Crippen LogP contribution in [-0.2, 0) is 11.3 Å². The molecule has 31 heavy (non-hydrogen) atoms. The van der Waals surface area contributed by atoms with Crippen molar-refractivity contribution in [2.75, 3.05) is 0 Å². The lowest BCUT2D eigenvalue weighted by Crippen LogP contribution is -2.41. The fraction of sp³-hybridized carbons (Fsp3) is 0.0435. The van der Waals surface area contributed by atoms with Gasteiger partial charge in [-0.05, 0) is 53.6 Å². The van der Waals surface area contributed by atoms with E-state index >= 15 is 0 Å². The molecule has 7 nitrogen and oxygen atoms in total. The SMILES string of the molecule is N=COC(=[NH2+])/C(=C/c1ccc(Cl)cc1)c1ccc(OCc2ccc3ocnc3n2)cc1. The Morgan fingerprint density at radius 1 is 1.06 bits per heavy atom. The van der Waals surface area contributed by atoms with E-state index in [0.717, 1.165) is 23.2 Å². The Labute approximate surface area is 182 Å². The molecule has 0 unspecified atom stereocenters. The molecule has 8 heteroatoms. The zero-order valence-corrected chi connectivity index (χ0v) is 17.0. The average Bonchev–Trinajstić information content (AvgIpc) is 3.26. The van der Waals surface area contributed by atoms with Gasteiger partial charge < -0.3 is 13.9 Å². The van der Waals surface area contributed by atoms with Gasteiger partial charge >= 0.3 is 5.90 Å². The maximum absolute atomic E-state index is 7.18. The van der Waals surface area contributed by atoms with Gasteiger partial charge in [0.25, 0.3) is 0 Å². The summed E-state index contributed by atoms with van der Waals surface area (Å²) in [6, 6.07) is 18.4. The Kier molecular flexibility index (Phi) is 6.05. The molecule has 0 aliphatic carbocycles. The van der Waals surface area contributed by atoms with Crippen LogP contribution in [0.5, 0.6) is 5.75 Å². The number of aromatic nitrogens is 2. The maximum Gasteiger partial charge on any atom is 0.373 e. The molecule has 4 aromatic rings. The number of halogens is 1. The van der Waals surface area contributed by atoms with Crippen LogP contribution in [-0.4, -0.2) is 22.3 Å². The number of nitrogens with zero attached hydrogens (tertiary/aromatic N) is 2. The van der Waals surface area contributed by atoms with Crippen LogP contribution in [0.2, 0.25) is 5.02 Å². The quantitative estimate of drug-likeness (QED) is 0.262. The van der Waals surface area contributed by atoms with Crippen LogP contribution in [0.1, 0.15) is 16.8 Å². The van der Waals surface area contributed by atoms with E-state index in [1.54, 1.807) is 12.1 Å². The molecule has 3 N–H and O–H groups in total. The van der Waals surface area contributed by atoms with E-state index in [4.69, 9.17) is 36.3 Å². The Hall–Kier alpha value is -3.97. The van der Waals surface area contributed by atoms with E-state index < -0.39 is 0 Å². The molecule has 0 fully saturated rings. The first-order valence-corrected chi connectivity index (χ1v) is 9.68. The molecule has 2 aromatic carbocycles. The molecule has 2 heterocycles. The van der Waals surface area contributed by atoms with Gasteiger partial charge in [-0.15, -0.1) is 0 Å². The predicted molar refractivity (Wildman–Crippen MR) is 119 cm³/mol. The van der Waals surface area contributed by atoms with E-state index in [2.05, 4.69) is 9.97 Å². The standard InChI is InChI=1S/C23H17ClN4O3/c24-17-5-1-15(2-6-17)11-20(22(26)30-13-25)16-3-8-19(9-4-16)29-12-18-7-10-21-23(28-18)27-14-31-21/h1-11,13-14,25-26H,12H2/p+1/b20-11+,25-13?,26-22?. The topological polar surface area (TPSA) is 107 Å². The molecule has 0 saturated carbocycles. The van der Waals surface area contributed by atoms with Gasteiger partial charge in [0.1, 0.15) is 12.4 Å². The van der Waals surface area contributed by atoms with Crippen LogP contribution < -0.4 is 10.1 Å². The summed E-state index contributed by atoms with van der Waals surface area (Å²) in [5, 5.41) is 13.9. The van der Waals surface area contributed by atoms with Crippen molar-refractivity contribution in [1.29, 1.82) is 5.41 Å². The van der Waals surface area contributed by atoms with Gasteiger partial charge in [-0.3, -0.25) is 5.41 Å². The third-order valence-corrected chi connectivity index (χ3v) is 4.69. The number of pyridine rings is 1. The lowest BCUT2D eigenvalue weighted by Gasteiger charge is -2.08. The fourth-order valence-electron chi connectivity index (χ4n) is 2.91. The number of oxazole rings is 1. The molecule has 0 saturated heterocycles. The van der Waals surface area contributed by atoms with Crippen molar-refractivity contribution in [2.24, 2.45) is 0 Å². The third-order valence-electron chi connectivity index (χ3n) is 4.44. The number of nitrogens with one attached hydrogen (secondary N) is 1. The normalized spacial score (nSPS) is 11.3. The molecule has 0 aliphatic heterocycles. The van der Waals surface area contributed by atoms with Crippen LogP contribution in [0.4, 0.5) is 0 Å². The minimum absolute atomic E-state index is 0.115. The number of fused-ring (bicyclic) bond motifs is 1. The zero-order valence-electron chi connectivity index (χ0n) is 16.3. The van der Waals surface area contributed by atoms with Gasteiger partial charge in [0, 0.05) is 5.02 Å². The highest BCUT2D eigenvalue weighted by Gasteiger charge is 2.15. The van der Waals surface area contributed by atoms with Crippen LogP contribution in [0.25, 0.3) is 22.9 Å². The van der Waals surface area contributed by atoms with Crippen molar-refractivity contribution in [2.45, 2.75) is 6.61 Å². The summed E-state index contributed by atoms with van der Waals surface area (Å²) >= 11 is 5.96. The first kappa shape index (κ1) is 20.3. The Morgan fingerprint density at radius 3 is 2.58 bits per heavy atom. The third kappa shape index (κ3) is 4.96. The van der Waals surface area contributed by atoms with Crippen LogP contribution in [0.3, 0.4) is 0 Å². The number of hydrogen-bond donors (Lipinski definition) is 2. The summed E-state index contributed by atoms with van der Waals surface area (Å²) in [6.07, 6.45) is 4.02. The van der Waals surface area contributed by atoms with E-state index in [1.807, 2.05) is 54.6 Å². The van der Waals surface area contributed by atoms with Crippen molar-refractivity contribution in [3.63, 3.8) is 0 Å². The van der Waals surface area contributed by atoms with Crippen molar-refractivity contribution in [3.05, 3.63) is 88.9 Å². The molecule has 4 rings (SSSR count). The molecule has 0 amide bonds. The lowest BCUT2D eigenvalue weighted by molar-refractivity contribution is -0.128. The lowest BCUT2D eigenvalue weighted by atomic mass is 10.0. The highest BCUT2D eigenvalue weighted by Crippen LogP contribution is 2.23. The van der Waals surface area contributed by atoms with Crippen molar-refractivity contribution >= 4 is 46.8 Å². The van der Waals surface area contributed by atoms with Gasteiger partial charge in [0.05, 0.1) is 11.3 Å². The summed E-state index contributed by atoms with van der Waals surface area (Å²) in [5.74, 6) is 0.784. The Balaban J connectivity index is 1.52. The van der Waals surface area contributed by atoms with E-state index in [1.165, 1.54) is 6.39 Å². The molecule has 0 spiro atoms. The highest BCUT2D eigenvalue weighted by atomic mass is 35.5. The van der Waals surface area contributed by atoms with Gasteiger partial charge in [-0.2, -0.15) is 4.98 Å². The summed E-state index contributed by atoms with van der Waals surface area (Å²) in [5.41, 5.74) is 4.26. The average molecular weight is 434 g/mol. The van der Waals surface area contributed by atoms with Crippen molar-refractivity contribution < 1.29 is 19.3 Å². The monoisotopic (exact) mass is 433 g/mol. The molecule has 0 radical (unpaired) electrons. The first-order chi connectivity index (χ1) is 15.1. The molecule has 0 aliphatic rings. The van der Waals surface area contributed by atoms with Crippen LogP contribution >= 0.6 is 11.6 Å². The molecule has 0 atom stereocenters. The number of ether oxygens (including phenoxy) is 2. The second-order valence-electron chi connectivity index (χ2n) is 6.50. The summed E-state index contributed by atoms with van der Waals surface area (Å²) < 4.78 is 16.1. The van der Waals surface area contributed by atoms with Crippen LogP contribution in [0.15, 0.2) is 71.5 Å². The van der Waals surface area contributed by atoms with Gasteiger partial charge in [-0.25, -0.2) is 10.4 Å². The number of hydrogen-bond acceptors (Lipinski definition) is 6. The summed E-state index contributed by atoms with van der Waals surface area (Å²) in [6.45, 7) is 0.292. The summed E-state index contributed by atoms with van der Waals surface area (Å²) in [7, 11) is 0. The largest absolute Gasteiger partial charge is 0.487 e. The molecule has 0 bridgehead atoms. The van der Waals surface area contributed by atoms with E-state index in [-0.39, 0.29) is 5.90 Å². The highest BCUT2D eigenvalue weighted by molar-refractivity contribution is 6.30. The minimum Gasteiger partial charge on any atom is -0.487 e. The number of rotatable bonds is 7. The fourth-order valence-corrected chi connectivity index (χ4v) is 3.04. The Bertz CT molecular complexity index is 1250. The van der Waals surface area contributed by atoms with E-state index in [9.17, 15) is 0 Å². The molecule has 154 valence electrons. The van der Waals surface area contributed by atoms with Gasteiger partial charge in [0.2, 0.25) is 0 Å². The minimum atomic E-state index is 0.115. The maximum atomic E-state index is 7.18. The van der Waals surface area contributed by atoms with Crippen molar-refractivity contribution in [3.8, 4) is 5.75 Å². The molecular formula is C23H18ClN4O3+. The zero-order chi connectivity index (χ0) is 21.6. The van der Waals surface area contributed by atoms with E-state index in [0.29, 0.717) is 34.2 Å².